The Morgan fingerprint density at radius 2 is 2.12 bits per heavy atom. The van der Waals surface area contributed by atoms with Crippen LogP contribution in [0.2, 0.25) is 0 Å². The van der Waals surface area contributed by atoms with Crippen molar-refractivity contribution in [2.24, 2.45) is 11.8 Å². The highest BCUT2D eigenvalue weighted by Crippen LogP contribution is 2.32. The van der Waals surface area contributed by atoms with E-state index in [2.05, 4.69) is 0 Å². The predicted molar refractivity (Wildman–Crippen MR) is 63.2 cm³/mol. The minimum Gasteiger partial charge on any atom is -0.481 e. The van der Waals surface area contributed by atoms with Gasteiger partial charge in [0.25, 0.3) is 0 Å². The van der Waals surface area contributed by atoms with Crippen LogP contribution in [0.25, 0.3) is 0 Å². The van der Waals surface area contributed by atoms with E-state index in [9.17, 15) is 9.18 Å². The summed E-state index contributed by atoms with van der Waals surface area (Å²) in [5, 5.41) is 9.17. The molecule has 2 unspecified atom stereocenters. The monoisotopic (exact) mass is 236 g/mol. The summed E-state index contributed by atoms with van der Waals surface area (Å²) in [5.74, 6) is -1.05. The van der Waals surface area contributed by atoms with Crippen LogP contribution in [0.4, 0.5) is 4.39 Å². The second-order valence-corrected chi connectivity index (χ2v) is 4.82. The summed E-state index contributed by atoms with van der Waals surface area (Å²) in [7, 11) is 0. The maximum atomic E-state index is 13.1. The summed E-state index contributed by atoms with van der Waals surface area (Å²) in [6.45, 7) is 0. The van der Waals surface area contributed by atoms with Gasteiger partial charge >= 0.3 is 5.97 Å². The largest absolute Gasteiger partial charge is 0.481 e. The zero-order valence-corrected chi connectivity index (χ0v) is 9.73. The second-order valence-electron chi connectivity index (χ2n) is 4.82. The minimum atomic E-state index is -0.703. The summed E-state index contributed by atoms with van der Waals surface area (Å²) in [5.41, 5.74) is 0.906. The third-order valence-corrected chi connectivity index (χ3v) is 3.61. The standard InChI is InChI=1S/C14H17FO2/c15-12-6-3-4-10(9-12)8-11-5-1-2-7-13(11)14(16)17/h3-4,6,9,11,13H,1-2,5,7-8H2,(H,16,17). The van der Waals surface area contributed by atoms with E-state index in [1.54, 1.807) is 6.07 Å². The molecule has 0 bridgehead atoms. The smallest absolute Gasteiger partial charge is 0.306 e. The van der Waals surface area contributed by atoms with Gasteiger partial charge in [-0.15, -0.1) is 0 Å². The molecule has 2 atom stereocenters. The molecule has 1 N–H and O–H groups in total. The van der Waals surface area contributed by atoms with Gasteiger partial charge in [-0.3, -0.25) is 4.79 Å². The topological polar surface area (TPSA) is 37.3 Å². The van der Waals surface area contributed by atoms with Gasteiger partial charge in [-0.1, -0.05) is 25.0 Å². The molecule has 0 amide bonds. The van der Waals surface area contributed by atoms with Crippen molar-refractivity contribution in [3.05, 3.63) is 35.6 Å². The quantitative estimate of drug-likeness (QED) is 0.874. The number of carbonyl (C=O) groups is 1. The lowest BCUT2D eigenvalue weighted by molar-refractivity contribution is -0.144. The fraction of sp³-hybridized carbons (Fsp3) is 0.500. The highest BCUT2D eigenvalue weighted by Gasteiger charge is 2.30. The van der Waals surface area contributed by atoms with Gasteiger partial charge in [0.05, 0.1) is 5.92 Å². The Bertz CT molecular complexity index is 403. The van der Waals surface area contributed by atoms with Gasteiger partial charge in [0.1, 0.15) is 5.82 Å². The highest BCUT2D eigenvalue weighted by atomic mass is 19.1. The van der Waals surface area contributed by atoms with E-state index in [0.29, 0.717) is 6.42 Å². The van der Waals surface area contributed by atoms with Crippen LogP contribution in [0.5, 0.6) is 0 Å². The Morgan fingerprint density at radius 3 is 2.82 bits per heavy atom. The van der Waals surface area contributed by atoms with Crippen LogP contribution in [0.3, 0.4) is 0 Å². The molecule has 2 rings (SSSR count). The van der Waals surface area contributed by atoms with Crippen LogP contribution >= 0.6 is 0 Å². The van der Waals surface area contributed by atoms with Crippen LogP contribution in [0.15, 0.2) is 24.3 Å². The van der Waals surface area contributed by atoms with Crippen molar-refractivity contribution in [2.45, 2.75) is 32.1 Å². The molecule has 0 saturated heterocycles. The summed E-state index contributed by atoms with van der Waals surface area (Å²) in [6.07, 6.45) is 4.46. The van der Waals surface area contributed by atoms with E-state index in [0.717, 1.165) is 31.2 Å². The molecule has 2 nitrogen and oxygen atoms in total. The summed E-state index contributed by atoms with van der Waals surface area (Å²) in [4.78, 5) is 11.1. The first kappa shape index (κ1) is 12.1. The lowest BCUT2D eigenvalue weighted by Crippen LogP contribution is -2.28. The molecule has 1 fully saturated rings. The first-order valence-corrected chi connectivity index (χ1v) is 6.14. The third-order valence-electron chi connectivity index (χ3n) is 3.61. The average molecular weight is 236 g/mol. The van der Waals surface area contributed by atoms with Crippen molar-refractivity contribution < 1.29 is 14.3 Å². The zero-order chi connectivity index (χ0) is 12.3. The van der Waals surface area contributed by atoms with E-state index in [-0.39, 0.29) is 17.7 Å². The Hall–Kier alpha value is -1.38. The number of halogens is 1. The third kappa shape index (κ3) is 3.05. The number of carboxylic acids is 1. The zero-order valence-electron chi connectivity index (χ0n) is 9.73. The number of benzene rings is 1. The predicted octanol–water partition coefficient (Wildman–Crippen LogP) is 3.26. The Kier molecular flexibility index (Phi) is 3.77. The normalized spacial score (nSPS) is 24.5. The molecule has 17 heavy (non-hydrogen) atoms. The van der Waals surface area contributed by atoms with Gasteiger partial charge in [0.2, 0.25) is 0 Å². The van der Waals surface area contributed by atoms with Gasteiger partial charge in [0, 0.05) is 0 Å². The van der Waals surface area contributed by atoms with Crippen molar-refractivity contribution >= 4 is 5.97 Å². The molecule has 0 heterocycles. The fourth-order valence-corrected chi connectivity index (χ4v) is 2.74. The van der Waals surface area contributed by atoms with Gasteiger partial charge in [0.15, 0.2) is 0 Å². The lowest BCUT2D eigenvalue weighted by atomic mass is 9.76. The van der Waals surface area contributed by atoms with Crippen molar-refractivity contribution in [1.29, 1.82) is 0 Å². The molecular weight excluding hydrogens is 219 g/mol. The number of rotatable bonds is 3. The summed E-state index contributed by atoms with van der Waals surface area (Å²) < 4.78 is 13.1. The number of carboxylic acid groups (broad SMARTS) is 1. The molecule has 1 saturated carbocycles. The number of hydrogen-bond acceptors (Lipinski definition) is 1. The van der Waals surface area contributed by atoms with Crippen LogP contribution in [0, 0.1) is 17.7 Å². The SMILES string of the molecule is O=C(O)C1CCCCC1Cc1cccc(F)c1. The Balaban J connectivity index is 2.08. The average Bonchev–Trinajstić information content (AvgIpc) is 2.29. The first-order valence-electron chi connectivity index (χ1n) is 6.14. The molecule has 0 spiro atoms. The number of hydrogen-bond donors (Lipinski definition) is 1. The molecular formula is C14H17FO2. The van der Waals surface area contributed by atoms with Gasteiger partial charge in [-0.2, -0.15) is 0 Å². The van der Waals surface area contributed by atoms with Crippen LogP contribution in [0.1, 0.15) is 31.2 Å². The molecule has 1 aliphatic rings. The van der Waals surface area contributed by atoms with Crippen molar-refractivity contribution in [3.63, 3.8) is 0 Å². The van der Waals surface area contributed by atoms with E-state index in [1.807, 2.05) is 6.07 Å². The van der Waals surface area contributed by atoms with Crippen LogP contribution < -0.4 is 0 Å². The molecule has 1 aliphatic carbocycles. The second kappa shape index (κ2) is 5.30. The van der Waals surface area contributed by atoms with Gasteiger partial charge < -0.3 is 5.11 Å². The maximum absolute atomic E-state index is 13.1. The van der Waals surface area contributed by atoms with Crippen LogP contribution in [-0.4, -0.2) is 11.1 Å². The molecule has 0 aromatic heterocycles. The number of aliphatic carboxylic acids is 1. The van der Waals surface area contributed by atoms with E-state index in [1.165, 1.54) is 12.1 Å². The van der Waals surface area contributed by atoms with Gasteiger partial charge in [-0.25, -0.2) is 4.39 Å². The van der Waals surface area contributed by atoms with Gasteiger partial charge in [-0.05, 0) is 42.9 Å². The molecule has 3 heteroatoms. The minimum absolute atomic E-state index is 0.156. The lowest BCUT2D eigenvalue weighted by Gasteiger charge is -2.28. The molecule has 1 aromatic carbocycles. The summed E-state index contributed by atoms with van der Waals surface area (Å²) >= 11 is 0. The molecule has 0 radical (unpaired) electrons. The summed E-state index contributed by atoms with van der Waals surface area (Å²) in [6, 6.07) is 6.48. The van der Waals surface area contributed by atoms with E-state index < -0.39 is 5.97 Å². The molecule has 92 valence electrons. The fourth-order valence-electron chi connectivity index (χ4n) is 2.74. The van der Waals surface area contributed by atoms with E-state index >= 15 is 0 Å². The molecule has 0 aliphatic heterocycles. The highest BCUT2D eigenvalue weighted by molar-refractivity contribution is 5.70. The Morgan fingerprint density at radius 1 is 1.35 bits per heavy atom. The van der Waals surface area contributed by atoms with E-state index in [4.69, 9.17) is 5.11 Å². The van der Waals surface area contributed by atoms with Crippen LogP contribution in [-0.2, 0) is 11.2 Å². The molecule has 1 aromatic rings. The van der Waals surface area contributed by atoms with Crippen molar-refractivity contribution in [1.82, 2.24) is 0 Å². The van der Waals surface area contributed by atoms with Crippen molar-refractivity contribution in [3.8, 4) is 0 Å². The Labute approximate surface area is 100 Å². The first-order chi connectivity index (χ1) is 8.16. The van der Waals surface area contributed by atoms with Crippen molar-refractivity contribution in [2.75, 3.05) is 0 Å². The maximum Gasteiger partial charge on any atom is 0.306 e.